The van der Waals surface area contributed by atoms with E-state index in [1.807, 2.05) is 12.1 Å². The molecular formula is C14H20BrNO. The molecule has 0 spiro atoms. The molecule has 1 aliphatic rings. The lowest BCUT2D eigenvalue weighted by Crippen LogP contribution is -2.37. The number of benzene rings is 1. The maximum absolute atomic E-state index is 5.36. The summed E-state index contributed by atoms with van der Waals surface area (Å²) in [5.74, 6) is 2.60. The van der Waals surface area contributed by atoms with Crippen LogP contribution in [0.25, 0.3) is 0 Å². The van der Waals surface area contributed by atoms with Gasteiger partial charge in [0.2, 0.25) is 0 Å². The first-order valence-corrected chi connectivity index (χ1v) is 6.99. The quantitative estimate of drug-likeness (QED) is 0.894. The lowest BCUT2D eigenvalue weighted by atomic mass is 9.73. The van der Waals surface area contributed by atoms with Gasteiger partial charge in [0.25, 0.3) is 0 Å². The fraction of sp³-hybridized carbons (Fsp3) is 0.571. The highest BCUT2D eigenvalue weighted by atomic mass is 79.9. The number of halogens is 1. The monoisotopic (exact) mass is 297 g/mol. The largest absolute Gasteiger partial charge is 0.495 e. The molecule has 0 heterocycles. The van der Waals surface area contributed by atoms with Crippen molar-refractivity contribution < 1.29 is 4.74 Å². The fourth-order valence-corrected chi connectivity index (χ4v) is 2.70. The van der Waals surface area contributed by atoms with E-state index in [0.29, 0.717) is 6.04 Å². The molecule has 94 valence electrons. The van der Waals surface area contributed by atoms with Gasteiger partial charge in [-0.2, -0.15) is 0 Å². The van der Waals surface area contributed by atoms with Crippen LogP contribution >= 0.6 is 15.9 Å². The van der Waals surface area contributed by atoms with E-state index in [1.165, 1.54) is 12.8 Å². The van der Waals surface area contributed by atoms with E-state index < -0.39 is 0 Å². The Hall–Kier alpha value is -0.700. The van der Waals surface area contributed by atoms with Crippen molar-refractivity contribution in [2.45, 2.75) is 32.7 Å². The fourth-order valence-electron chi connectivity index (χ4n) is 2.34. The van der Waals surface area contributed by atoms with Gasteiger partial charge in [0, 0.05) is 10.5 Å². The van der Waals surface area contributed by atoms with E-state index in [-0.39, 0.29) is 0 Å². The molecule has 0 radical (unpaired) electrons. The van der Waals surface area contributed by atoms with Crippen molar-refractivity contribution in [2.75, 3.05) is 12.4 Å². The van der Waals surface area contributed by atoms with Gasteiger partial charge in [-0.15, -0.1) is 0 Å². The van der Waals surface area contributed by atoms with Crippen LogP contribution < -0.4 is 10.1 Å². The van der Waals surface area contributed by atoms with Crippen LogP contribution in [0.1, 0.15) is 26.7 Å². The van der Waals surface area contributed by atoms with Crippen LogP contribution in [0.15, 0.2) is 22.7 Å². The predicted octanol–water partition coefficient (Wildman–Crippen LogP) is 4.30. The number of hydrogen-bond donors (Lipinski definition) is 1. The Balaban J connectivity index is 1.98. The van der Waals surface area contributed by atoms with Gasteiger partial charge in [-0.3, -0.25) is 0 Å². The topological polar surface area (TPSA) is 21.3 Å². The zero-order valence-electron chi connectivity index (χ0n) is 10.7. The van der Waals surface area contributed by atoms with Crippen molar-refractivity contribution in [1.29, 1.82) is 0 Å². The van der Waals surface area contributed by atoms with Gasteiger partial charge in [-0.05, 0) is 42.9 Å². The van der Waals surface area contributed by atoms with Gasteiger partial charge in [-0.1, -0.05) is 29.8 Å². The van der Waals surface area contributed by atoms with Crippen molar-refractivity contribution in [3.63, 3.8) is 0 Å². The van der Waals surface area contributed by atoms with Gasteiger partial charge in [0.15, 0.2) is 0 Å². The summed E-state index contributed by atoms with van der Waals surface area (Å²) in [7, 11) is 1.71. The summed E-state index contributed by atoms with van der Waals surface area (Å²) in [5, 5.41) is 3.57. The Kier molecular flexibility index (Phi) is 3.97. The summed E-state index contributed by atoms with van der Waals surface area (Å²) >= 11 is 3.49. The Morgan fingerprint density at radius 2 is 2.06 bits per heavy atom. The van der Waals surface area contributed by atoms with E-state index >= 15 is 0 Å². The maximum atomic E-state index is 5.36. The van der Waals surface area contributed by atoms with E-state index in [4.69, 9.17) is 4.74 Å². The van der Waals surface area contributed by atoms with Gasteiger partial charge in [0.05, 0.1) is 12.8 Å². The standard InChI is InChI=1S/C14H20BrNO/c1-9(2)10-6-12(7-10)16-13-8-11(15)4-5-14(13)17-3/h4-5,8-10,12,16H,6-7H2,1-3H3. The highest BCUT2D eigenvalue weighted by Crippen LogP contribution is 2.37. The molecule has 3 heteroatoms. The van der Waals surface area contributed by atoms with Crippen molar-refractivity contribution in [3.8, 4) is 5.75 Å². The molecule has 2 nitrogen and oxygen atoms in total. The van der Waals surface area contributed by atoms with Crippen LogP contribution in [-0.2, 0) is 0 Å². The molecule has 0 bridgehead atoms. The Morgan fingerprint density at radius 3 is 2.65 bits per heavy atom. The second kappa shape index (κ2) is 5.30. The normalized spacial score (nSPS) is 23.4. The minimum atomic E-state index is 0.602. The minimum Gasteiger partial charge on any atom is -0.495 e. The zero-order valence-corrected chi connectivity index (χ0v) is 12.3. The van der Waals surface area contributed by atoms with Crippen LogP contribution in [0, 0.1) is 11.8 Å². The van der Waals surface area contributed by atoms with Gasteiger partial charge >= 0.3 is 0 Å². The van der Waals surface area contributed by atoms with Gasteiger partial charge < -0.3 is 10.1 Å². The first-order valence-electron chi connectivity index (χ1n) is 6.20. The second-order valence-corrected chi connectivity index (χ2v) is 6.08. The number of ether oxygens (including phenoxy) is 1. The van der Waals surface area contributed by atoms with E-state index in [9.17, 15) is 0 Å². The van der Waals surface area contributed by atoms with Crippen LogP contribution in [0.3, 0.4) is 0 Å². The molecule has 0 unspecified atom stereocenters. The third kappa shape index (κ3) is 2.95. The summed E-state index contributed by atoms with van der Waals surface area (Å²) in [6.45, 7) is 4.61. The maximum Gasteiger partial charge on any atom is 0.142 e. The smallest absolute Gasteiger partial charge is 0.142 e. The summed E-state index contributed by atoms with van der Waals surface area (Å²) < 4.78 is 6.44. The van der Waals surface area contributed by atoms with Crippen molar-refractivity contribution >= 4 is 21.6 Å². The molecule has 1 aromatic rings. The van der Waals surface area contributed by atoms with E-state index in [2.05, 4.69) is 41.2 Å². The Labute approximate surface area is 112 Å². The van der Waals surface area contributed by atoms with Crippen molar-refractivity contribution in [1.82, 2.24) is 0 Å². The molecule has 1 fully saturated rings. The van der Waals surface area contributed by atoms with Crippen molar-refractivity contribution in [2.24, 2.45) is 11.8 Å². The molecule has 0 saturated heterocycles. The van der Waals surface area contributed by atoms with Crippen LogP contribution in [0.4, 0.5) is 5.69 Å². The molecule has 1 aromatic carbocycles. The van der Waals surface area contributed by atoms with Gasteiger partial charge in [-0.25, -0.2) is 0 Å². The Bertz CT molecular complexity index is 386. The highest BCUT2D eigenvalue weighted by molar-refractivity contribution is 9.10. The molecule has 0 amide bonds. The highest BCUT2D eigenvalue weighted by Gasteiger charge is 2.31. The van der Waals surface area contributed by atoms with E-state index in [0.717, 1.165) is 27.7 Å². The first-order chi connectivity index (χ1) is 8.10. The second-order valence-electron chi connectivity index (χ2n) is 5.16. The van der Waals surface area contributed by atoms with Gasteiger partial charge in [0.1, 0.15) is 5.75 Å². The van der Waals surface area contributed by atoms with E-state index in [1.54, 1.807) is 7.11 Å². The number of hydrogen-bond acceptors (Lipinski definition) is 2. The molecule has 0 aromatic heterocycles. The summed E-state index contributed by atoms with van der Waals surface area (Å²) in [6.07, 6.45) is 2.54. The minimum absolute atomic E-state index is 0.602. The lowest BCUT2D eigenvalue weighted by molar-refractivity contribution is 0.211. The molecule has 2 rings (SSSR count). The number of methoxy groups -OCH3 is 1. The van der Waals surface area contributed by atoms with Crippen LogP contribution in [0.5, 0.6) is 5.75 Å². The zero-order chi connectivity index (χ0) is 12.4. The summed E-state index contributed by atoms with van der Waals surface area (Å²) in [5.41, 5.74) is 1.09. The molecule has 1 saturated carbocycles. The van der Waals surface area contributed by atoms with Crippen molar-refractivity contribution in [3.05, 3.63) is 22.7 Å². The third-order valence-electron chi connectivity index (χ3n) is 3.64. The average molecular weight is 298 g/mol. The predicted molar refractivity (Wildman–Crippen MR) is 75.7 cm³/mol. The molecule has 17 heavy (non-hydrogen) atoms. The van der Waals surface area contributed by atoms with Crippen LogP contribution in [-0.4, -0.2) is 13.2 Å². The molecule has 1 N–H and O–H groups in total. The lowest BCUT2D eigenvalue weighted by Gasteiger charge is -2.39. The number of rotatable bonds is 4. The summed E-state index contributed by atoms with van der Waals surface area (Å²) in [4.78, 5) is 0. The Morgan fingerprint density at radius 1 is 1.35 bits per heavy atom. The molecule has 0 aliphatic heterocycles. The third-order valence-corrected chi connectivity index (χ3v) is 4.13. The molecule has 0 atom stereocenters. The molecular weight excluding hydrogens is 278 g/mol. The SMILES string of the molecule is COc1ccc(Br)cc1NC1CC(C(C)C)C1. The molecule has 1 aliphatic carbocycles. The van der Waals surface area contributed by atoms with Crippen LogP contribution in [0.2, 0.25) is 0 Å². The first kappa shape index (κ1) is 12.7. The summed E-state index contributed by atoms with van der Waals surface area (Å²) in [6, 6.07) is 6.68. The number of anilines is 1. The average Bonchev–Trinajstić information content (AvgIpc) is 2.22. The number of nitrogens with one attached hydrogen (secondary N) is 1.